The van der Waals surface area contributed by atoms with Gasteiger partial charge in [0.25, 0.3) is 5.91 Å². The fraction of sp³-hybridized carbons (Fsp3) is 0.636. The molecule has 0 aliphatic heterocycles. The summed E-state index contributed by atoms with van der Waals surface area (Å²) in [6, 6.07) is 5.09. The smallest absolute Gasteiger partial charge is 0.341 e. The van der Waals surface area contributed by atoms with E-state index in [0.29, 0.717) is 30.2 Å². The van der Waals surface area contributed by atoms with Crippen LogP contribution >= 0.6 is 0 Å². The number of esters is 1. The number of anilines is 1. The molecule has 1 N–H and O–H groups in total. The summed E-state index contributed by atoms with van der Waals surface area (Å²) in [5.41, 5.74) is 0.0818. The van der Waals surface area contributed by atoms with Crippen molar-refractivity contribution in [2.75, 3.05) is 25.1 Å². The molecule has 0 spiro atoms. The molecule has 28 heavy (non-hydrogen) atoms. The molecule has 1 aliphatic rings. The molecule has 0 atom stereocenters. The number of carbonyl (C=O) groups is 2. The molecule has 0 heterocycles. The van der Waals surface area contributed by atoms with Crippen molar-refractivity contribution in [2.24, 2.45) is 0 Å². The summed E-state index contributed by atoms with van der Waals surface area (Å²) in [5, 5.41) is 2.94. The molecule has 1 aliphatic carbocycles. The van der Waals surface area contributed by atoms with Crippen molar-refractivity contribution in [1.29, 1.82) is 0 Å². The van der Waals surface area contributed by atoms with Gasteiger partial charge < -0.3 is 19.5 Å². The molecule has 0 unspecified atom stereocenters. The predicted octanol–water partition coefficient (Wildman–Crippen LogP) is 4.72. The first kappa shape index (κ1) is 22.2. The van der Waals surface area contributed by atoms with Crippen LogP contribution in [0.5, 0.6) is 5.75 Å². The molecule has 1 fully saturated rings. The number of hydrogen-bond donors (Lipinski definition) is 1. The van der Waals surface area contributed by atoms with Gasteiger partial charge in [-0.05, 0) is 51.3 Å². The number of unbranched alkanes of at least 4 members (excludes halogenated alkanes) is 1. The Balaban J connectivity index is 2.20. The summed E-state index contributed by atoms with van der Waals surface area (Å²) in [6.45, 7) is 7.04. The third-order valence-corrected chi connectivity index (χ3v) is 4.98. The minimum Gasteiger partial charge on any atom is -0.493 e. The number of hydrogen-bond acceptors (Lipinski definition) is 5. The minimum atomic E-state index is -0.784. The van der Waals surface area contributed by atoms with Gasteiger partial charge in [-0.15, -0.1) is 0 Å². The van der Waals surface area contributed by atoms with Gasteiger partial charge in [-0.3, -0.25) is 4.79 Å². The zero-order valence-corrected chi connectivity index (χ0v) is 17.3. The van der Waals surface area contributed by atoms with Gasteiger partial charge in [0.05, 0.1) is 13.2 Å². The van der Waals surface area contributed by atoms with Crippen LogP contribution in [-0.2, 0) is 14.3 Å². The second-order valence-electron chi connectivity index (χ2n) is 7.08. The molecule has 0 bridgehead atoms. The van der Waals surface area contributed by atoms with Crippen molar-refractivity contribution < 1.29 is 23.8 Å². The normalized spacial score (nSPS) is 15.7. The van der Waals surface area contributed by atoms with Crippen LogP contribution in [0.3, 0.4) is 0 Å². The highest BCUT2D eigenvalue weighted by atomic mass is 16.5. The maximum Gasteiger partial charge on any atom is 0.341 e. The lowest BCUT2D eigenvalue weighted by molar-refractivity contribution is -0.145. The van der Waals surface area contributed by atoms with Crippen molar-refractivity contribution in [3.63, 3.8) is 0 Å². The number of carbonyl (C=O) groups excluding carboxylic acids is 2. The van der Waals surface area contributed by atoms with Crippen LogP contribution < -0.4 is 10.1 Å². The molecule has 156 valence electrons. The molecular weight excluding hydrogens is 358 g/mol. The number of ether oxygens (including phenoxy) is 3. The Bertz CT molecular complexity index is 647. The summed E-state index contributed by atoms with van der Waals surface area (Å²) in [6.07, 6.45) is 6.42. The van der Waals surface area contributed by atoms with Crippen LogP contribution in [-0.4, -0.2) is 37.3 Å². The van der Waals surface area contributed by atoms with E-state index in [9.17, 15) is 9.59 Å². The van der Waals surface area contributed by atoms with E-state index in [2.05, 4.69) is 12.2 Å². The first-order valence-electron chi connectivity index (χ1n) is 10.5. The second-order valence-corrected chi connectivity index (χ2v) is 7.08. The number of amides is 1. The average Bonchev–Trinajstić information content (AvgIpc) is 2.70. The van der Waals surface area contributed by atoms with Crippen molar-refractivity contribution in [3.8, 4) is 5.75 Å². The Hall–Kier alpha value is -2.08. The number of nitrogens with one attached hydrogen (secondary N) is 1. The van der Waals surface area contributed by atoms with Gasteiger partial charge in [-0.1, -0.05) is 32.6 Å². The van der Waals surface area contributed by atoms with Gasteiger partial charge in [0.1, 0.15) is 16.9 Å². The van der Waals surface area contributed by atoms with E-state index < -0.39 is 11.6 Å². The van der Waals surface area contributed by atoms with Crippen molar-refractivity contribution in [2.45, 2.75) is 71.3 Å². The zero-order chi connectivity index (χ0) is 20.4. The first-order valence-corrected chi connectivity index (χ1v) is 10.5. The third-order valence-electron chi connectivity index (χ3n) is 4.98. The van der Waals surface area contributed by atoms with Crippen LogP contribution in [0.2, 0.25) is 0 Å². The maximum absolute atomic E-state index is 13.0. The highest BCUT2D eigenvalue weighted by molar-refractivity contribution is 5.99. The quantitative estimate of drug-likeness (QED) is 0.461. The Morgan fingerprint density at radius 1 is 1.07 bits per heavy atom. The van der Waals surface area contributed by atoms with Crippen LogP contribution in [0.4, 0.5) is 5.69 Å². The third kappa shape index (κ3) is 5.71. The molecule has 0 saturated heterocycles. The van der Waals surface area contributed by atoms with E-state index >= 15 is 0 Å². The van der Waals surface area contributed by atoms with Crippen LogP contribution in [0.15, 0.2) is 18.2 Å². The standard InChI is InChI=1S/C22H33NO5/c1-4-7-15-27-19-12-11-17(16-18(19)20(24)26-5-2)23-21(25)22(28-6-3)13-9-8-10-14-22/h11-12,16H,4-10,13-15H2,1-3H3,(H,23,25). The van der Waals surface area contributed by atoms with E-state index in [0.717, 1.165) is 44.9 Å². The van der Waals surface area contributed by atoms with Gasteiger partial charge in [-0.25, -0.2) is 4.79 Å². The van der Waals surface area contributed by atoms with E-state index in [-0.39, 0.29) is 12.5 Å². The molecule has 6 heteroatoms. The molecular formula is C22H33NO5. The lowest BCUT2D eigenvalue weighted by Gasteiger charge is -2.35. The van der Waals surface area contributed by atoms with E-state index in [1.54, 1.807) is 25.1 Å². The molecule has 1 aromatic rings. The summed E-state index contributed by atoms with van der Waals surface area (Å²) in [4.78, 5) is 25.4. The Labute approximate surface area is 167 Å². The molecule has 6 nitrogen and oxygen atoms in total. The maximum atomic E-state index is 13.0. The van der Waals surface area contributed by atoms with Gasteiger partial charge in [-0.2, -0.15) is 0 Å². The van der Waals surface area contributed by atoms with E-state index in [1.807, 2.05) is 6.92 Å². The first-order chi connectivity index (χ1) is 13.6. The second kappa shape index (κ2) is 11.1. The highest BCUT2D eigenvalue weighted by Crippen LogP contribution is 2.33. The molecule has 2 rings (SSSR count). The number of benzene rings is 1. The Morgan fingerprint density at radius 3 is 2.46 bits per heavy atom. The molecule has 1 saturated carbocycles. The van der Waals surface area contributed by atoms with Crippen molar-refractivity contribution in [3.05, 3.63) is 23.8 Å². The van der Waals surface area contributed by atoms with Gasteiger partial charge in [0.15, 0.2) is 0 Å². The largest absolute Gasteiger partial charge is 0.493 e. The molecule has 0 aromatic heterocycles. The predicted molar refractivity (Wildman–Crippen MR) is 109 cm³/mol. The monoisotopic (exact) mass is 391 g/mol. The van der Waals surface area contributed by atoms with Crippen LogP contribution in [0.25, 0.3) is 0 Å². The van der Waals surface area contributed by atoms with Gasteiger partial charge in [0, 0.05) is 12.3 Å². The Kier molecular flexibility index (Phi) is 8.77. The van der Waals surface area contributed by atoms with Crippen molar-refractivity contribution in [1.82, 2.24) is 0 Å². The van der Waals surface area contributed by atoms with Crippen LogP contribution in [0.1, 0.15) is 76.1 Å². The summed E-state index contributed by atoms with van der Waals surface area (Å²) in [5.74, 6) is -0.132. The lowest BCUT2D eigenvalue weighted by atomic mass is 9.83. The lowest BCUT2D eigenvalue weighted by Crippen LogP contribution is -2.47. The fourth-order valence-electron chi connectivity index (χ4n) is 3.51. The summed E-state index contributed by atoms with van der Waals surface area (Å²) >= 11 is 0. The van der Waals surface area contributed by atoms with E-state index in [4.69, 9.17) is 14.2 Å². The number of rotatable bonds is 10. The zero-order valence-electron chi connectivity index (χ0n) is 17.3. The molecule has 0 radical (unpaired) electrons. The minimum absolute atomic E-state index is 0.150. The van der Waals surface area contributed by atoms with Gasteiger partial charge >= 0.3 is 5.97 Å². The van der Waals surface area contributed by atoms with Crippen molar-refractivity contribution >= 4 is 17.6 Å². The SMILES string of the molecule is CCCCOc1ccc(NC(=O)C2(OCC)CCCCC2)cc1C(=O)OCC. The van der Waals surface area contributed by atoms with E-state index in [1.165, 1.54) is 0 Å². The molecule has 1 aromatic carbocycles. The average molecular weight is 392 g/mol. The van der Waals surface area contributed by atoms with Crippen LogP contribution in [0, 0.1) is 0 Å². The summed E-state index contributed by atoms with van der Waals surface area (Å²) < 4.78 is 16.8. The Morgan fingerprint density at radius 2 is 1.82 bits per heavy atom. The highest BCUT2D eigenvalue weighted by Gasteiger charge is 2.40. The summed E-state index contributed by atoms with van der Waals surface area (Å²) in [7, 11) is 0. The molecule has 1 amide bonds. The topological polar surface area (TPSA) is 73.9 Å². The fourth-order valence-corrected chi connectivity index (χ4v) is 3.51. The van der Waals surface area contributed by atoms with Gasteiger partial charge in [0.2, 0.25) is 0 Å².